The Balaban J connectivity index is 2.87. The molecule has 1 heterocycles. The number of carbonyl (C=O) groups excluding carboxylic acids is 1. The van der Waals surface area contributed by atoms with Crippen LogP contribution in [0.5, 0.6) is 0 Å². The number of hydrogen-bond donors (Lipinski definition) is 2. The Bertz CT molecular complexity index is 274. The van der Waals surface area contributed by atoms with Gasteiger partial charge in [-0.25, -0.2) is 4.79 Å². The second-order valence-corrected chi connectivity index (χ2v) is 2.93. The first kappa shape index (κ1) is 9.50. The largest absolute Gasteiger partial charge is 0.481 e. The van der Waals surface area contributed by atoms with E-state index in [-0.39, 0.29) is 6.54 Å². The van der Waals surface area contributed by atoms with Crippen LogP contribution in [0.1, 0.15) is 6.92 Å². The minimum absolute atomic E-state index is 0.326. The fourth-order valence-corrected chi connectivity index (χ4v) is 1.45. The summed E-state index contributed by atoms with van der Waals surface area (Å²) in [5.74, 6) is -3.03. The predicted molar refractivity (Wildman–Crippen MR) is 40.3 cm³/mol. The molecule has 6 heteroatoms. The van der Waals surface area contributed by atoms with Gasteiger partial charge in [-0.15, -0.1) is 0 Å². The zero-order valence-electron chi connectivity index (χ0n) is 6.93. The number of Topliss-reactive ketones (excluding diaryl/α,β-unsaturated/α-hetero) is 1. The summed E-state index contributed by atoms with van der Waals surface area (Å²) in [6, 6.07) is -0.775. The SMILES string of the molecule is C[C@H]1C(C(=O)O)C(=O)CN1C(=O)O. The third-order valence-electron chi connectivity index (χ3n) is 2.16. The zero-order chi connectivity index (χ0) is 10.2. The van der Waals surface area contributed by atoms with E-state index < -0.39 is 29.8 Å². The number of rotatable bonds is 1. The van der Waals surface area contributed by atoms with Crippen molar-refractivity contribution in [3.63, 3.8) is 0 Å². The molecule has 6 nitrogen and oxygen atoms in total. The highest BCUT2D eigenvalue weighted by Gasteiger charge is 2.44. The van der Waals surface area contributed by atoms with E-state index in [1.165, 1.54) is 6.92 Å². The fourth-order valence-electron chi connectivity index (χ4n) is 1.45. The molecular formula is C7H9NO5. The van der Waals surface area contributed by atoms with Crippen LogP contribution in [-0.4, -0.2) is 45.5 Å². The molecule has 1 unspecified atom stereocenters. The van der Waals surface area contributed by atoms with Gasteiger partial charge < -0.3 is 10.2 Å². The Morgan fingerprint density at radius 1 is 1.46 bits per heavy atom. The topological polar surface area (TPSA) is 94.9 Å². The number of carboxylic acid groups (broad SMARTS) is 2. The third-order valence-corrected chi connectivity index (χ3v) is 2.16. The summed E-state index contributed by atoms with van der Waals surface area (Å²) >= 11 is 0. The molecule has 1 aliphatic rings. The molecular weight excluding hydrogens is 178 g/mol. The van der Waals surface area contributed by atoms with Crippen LogP contribution < -0.4 is 0 Å². The molecule has 1 aliphatic heterocycles. The maximum Gasteiger partial charge on any atom is 0.407 e. The molecule has 1 fully saturated rings. The zero-order valence-corrected chi connectivity index (χ0v) is 6.93. The van der Waals surface area contributed by atoms with Gasteiger partial charge in [-0.1, -0.05) is 0 Å². The lowest BCUT2D eigenvalue weighted by molar-refractivity contribution is -0.145. The summed E-state index contributed by atoms with van der Waals surface area (Å²) in [6.07, 6.45) is -1.26. The Morgan fingerprint density at radius 3 is 2.23 bits per heavy atom. The van der Waals surface area contributed by atoms with Crippen molar-refractivity contribution in [1.29, 1.82) is 0 Å². The summed E-state index contributed by atoms with van der Waals surface area (Å²) in [5, 5.41) is 17.2. The first-order valence-electron chi connectivity index (χ1n) is 3.70. The highest BCUT2D eigenvalue weighted by Crippen LogP contribution is 2.21. The molecule has 0 aromatic rings. The standard InChI is InChI=1S/C7H9NO5/c1-3-5(6(10)11)4(9)2-8(3)7(12)13/h3,5H,2H2,1H3,(H,10,11)(H,12,13)/t3-,5?/m0/s1. The van der Waals surface area contributed by atoms with E-state index in [0.29, 0.717) is 0 Å². The molecule has 1 amide bonds. The third kappa shape index (κ3) is 1.47. The van der Waals surface area contributed by atoms with Crippen molar-refractivity contribution in [1.82, 2.24) is 4.90 Å². The maximum absolute atomic E-state index is 11.1. The van der Waals surface area contributed by atoms with Crippen molar-refractivity contribution in [2.75, 3.05) is 6.54 Å². The minimum atomic E-state index is -1.26. The Labute approximate surface area is 73.8 Å². The smallest absolute Gasteiger partial charge is 0.407 e. The van der Waals surface area contributed by atoms with Gasteiger partial charge in [-0.2, -0.15) is 0 Å². The molecule has 0 bridgehead atoms. The average Bonchev–Trinajstić information content (AvgIpc) is 2.26. The van der Waals surface area contributed by atoms with Crippen LogP contribution in [0.25, 0.3) is 0 Å². The monoisotopic (exact) mass is 187 g/mol. The second-order valence-electron chi connectivity index (χ2n) is 2.93. The minimum Gasteiger partial charge on any atom is -0.481 e. The van der Waals surface area contributed by atoms with Crippen molar-refractivity contribution >= 4 is 17.8 Å². The lowest BCUT2D eigenvalue weighted by atomic mass is 10.0. The van der Waals surface area contributed by atoms with Gasteiger partial charge in [0.2, 0.25) is 0 Å². The molecule has 1 rings (SSSR count). The quantitative estimate of drug-likeness (QED) is 0.546. The number of amides is 1. The lowest BCUT2D eigenvalue weighted by Crippen LogP contribution is -2.36. The predicted octanol–water partition coefficient (Wildman–Crippen LogP) is -0.362. The molecule has 0 aliphatic carbocycles. The summed E-state index contributed by atoms with van der Waals surface area (Å²) in [6.45, 7) is 1.09. The Morgan fingerprint density at radius 2 is 2.00 bits per heavy atom. The van der Waals surface area contributed by atoms with Crippen molar-refractivity contribution in [3.05, 3.63) is 0 Å². The number of ketones is 1. The highest BCUT2D eigenvalue weighted by molar-refractivity contribution is 6.03. The van der Waals surface area contributed by atoms with E-state index >= 15 is 0 Å². The molecule has 0 spiro atoms. The molecule has 13 heavy (non-hydrogen) atoms. The van der Waals surface area contributed by atoms with E-state index in [2.05, 4.69) is 0 Å². The summed E-state index contributed by atoms with van der Waals surface area (Å²) in [4.78, 5) is 32.9. The molecule has 2 N–H and O–H groups in total. The van der Waals surface area contributed by atoms with Crippen LogP contribution in [0.15, 0.2) is 0 Å². The van der Waals surface area contributed by atoms with E-state index in [4.69, 9.17) is 10.2 Å². The molecule has 0 radical (unpaired) electrons. The Hall–Kier alpha value is -1.59. The number of nitrogens with zero attached hydrogens (tertiary/aromatic N) is 1. The molecule has 72 valence electrons. The molecule has 2 atom stereocenters. The number of carbonyl (C=O) groups is 3. The van der Waals surface area contributed by atoms with Gasteiger partial charge in [0, 0.05) is 0 Å². The van der Waals surface area contributed by atoms with Gasteiger partial charge in [0.1, 0.15) is 5.92 Å². The highest BCUT2D eigenvalue weighted by atomic mass is 16.4. The van der Waals surface area contributed by atoms with E-state index in [1.807, 2.05) is 0 Å². The van der Waals surface area contributed by atoms with E-state index in [1.54, 1.807) is 0 Å². The van der Waals surface area contributed by atoms with Gasteiger partial charge in [0.25, 0.3) is 0 Å². The van der Waals surface area contributed by atoms with Crippen LogP contribution in [-0.2, 0) is 9.59 Å². The first-order valence-corrected chi connectivity index (χ1v) is 3.70. The van der Waals surface area contributed by atoms with E-state index in [0.717, 1.165) is 4.90 Å². The van der Waals surface area contributed by atoms with Gasteiger partial charge in [-0.3, -0.25) is 14.5 Å². The number of carboxylic acids is 1. The van der Waals surface area contributed by atoms with Gasteiger partial charge in [-0.05, 0) is 6.92 Å². The second kappa shape index (κ2) is 3.04. The van der Waals surface area contributed by atoms with E-state index in [9.17, 15) is 14.4 Å². The number of aliphatic carboxylic acids is 1. The summed E-state index contributed by atoms with van der Waals surface area (Å²) < 4.78 is 0. The van der Waals surface area contributed by atoms with Crippen LogP contribution in [0.4, 0.5) is 4.79 Å². The molecule has 0 saturated carbocycles. The lowest BCUT2D eigenvalue weighted by Gasteiger charge is -2.17. The van der Waals surface area contributed by atoms with Crippen molar-refractivity contribution in [2.45, 2.75) is 13.0 Å². The molecule has 1 saturated heterocycles. The normalized spacial score (nSPS) is 27.8. The van der Waals surface area contributed by atoms with Crippen LogP contribution >= 0.6 is 0 Å². The molecule has 0 aromatic carbocycles. The van der Waals surface area contributed by atoms with Gasteiger partial charge in [0.15, 0.2) is 5.78 Å². The maximum atomic E-state index is 11.1. The van der Waals surface area contributed by atoms with Gasteiger partial charge >= 0.3 is 12.1 Å². The van der Waals surface area contributed by atoms with Crippen LogP contribution in [0.2, 0.25) is 0 Å². The van der Waals surface area contributed by atoms with Crippen LogP contribution in [0.3, 0.4) is 0 Å². The summed E-state index contributed by atoms with van der Waals surface area (Å²) in [5.41, 5.74) is 0. The van der Waals surface area contributed by atoms with Gasteiger partial charge in [0.05, 0.1) is 12.6 Å². The molecule has 0 aromatic heterocycles. The number of hydrogen-bond acceptors (Lipinski definition) is 3. The number of likely N-dealkylation sites (tertiary alicyclic amines) is 1. The first-order chi connectivity index (χ1) is 5.95. The average molecular weight is 187 g/mol. The fraction of sp³-hybridized carbons (Fsp3) is 0.571. The van der Waals surface area contributed by atoms with Crippen molar-refractivity contribution in [3.8, 4) is 0 Å². The Kier molecular flexibility index (Phi) is 2.22. The van der Waals surface area contributed by atoms with Crippen LogP contribution in [0, 0.1) is 5.92 Å². The van der Waals surface area contributed by atoms with Crippen molar-refractivity contribution in [2.24, 2.45) is 5.92 Å². The summed E-state index contributed by atoms with van der Waals surface area (Å²) in [7, 11) is 0. The van der Waals surface area contributed by atoms with Crippen molar-refractivity contribution < 1.29 is 24.6 Å².